The summed E-state index contributed by atoms with van der Waals surface area (Å²) in [4.78, 5) is 19.5. The molecule has 1 unspecified atom stereocenters. The summed E-state index contributed by atoms with van der Waals surface area (Å²) in [6.45, 7) is 15.0. The predicted molar refractivity (Wildman–Crippen MR) is 128 cm³/mol. The van der Waals surface area contributed by atoms with Crippen LogP contribution in [0, 0.1) is 0 Å². The quantitative estimate of drug-likeness (QED) is 0.284. The smallest absolute Gasteiger partial charge is 0.253 e. The average Bonchev–Trinajstić information content (AvgIpc) is 3.26. The molecule has 0 bridgehead atoms. The summed E-state index contributed by atoms with van der Waals surface area (Å²) < 4.78 is 5.46. The number of amides is 1. The van der Waals surface area contributed by atoms with Crippen LogP contribution in [0.2, 0.25) is 0 Å². The molecule has 2 rings (SSSR count). The van der Waals surface area contributed by atoms with Gasteiger partial charge < -0.3 is 20.7 Å². The Morgan fingerprint density at radius 1 is 1.23 bits per heavy atom. The van der Waals surface area contributed by atoms with Crippen LogP contribution in [-0.2, 0) is 16.1 Å². The second-order valence-corrected chi connectivity index (χ2v) is 8.59. The van der Waals surface area contributed by atoms with Crippen LogP contribution < -0.4 is 16.0 Å². The number of ether oxygens (including phenoxy) is 1. The molecule has 1 aliphatic rings. The second-order valence-electron chi connectivity index (χ2n) is 8.59. The number of hydrogen-bond acceptors (Lipinski definition) is 4. The fourth-order valence-electron chi connectivity index (χ4n) is 3.85. The first kappa shape index (κ1) is 25.1. The highest BCUT2D eigenvalue weighted by Gasteiger charge is 2.23. The molecule has 1 fully saturated rings. The molecule has 174 valence electrons. The fourth-order valence-corrected chi connectivity index (χ4v) is 3.85. The monoisotopic (exact) mass is 431 g/mol. The molecule has 7 nitrogen and oxygen atoms in total. The van der Waals surface area contributed by atoms with Crippen LogP contribution in [0.25, 0.3) is 0 Å². The topological polar surface area (TPSA) is 78.0 Å². The summed E-state index contributed by atoms with van der Waals surface area (Å²) in [6.07, 6.45) is 2.47. The first-order valence-corrected chi connectivity index (χ1v) is 11.7. The van der Waals surface area contributed by atoms with Gasteiger partial charge in [0.25, 0.3) is 5.91 Å². The SMILES string of the molecule is CCNC(=NCc1cccc(NC(=O)C2CCCO2)c1)NCCCN(C(C)C)C(C)C. The number of carbonyl (C=O) groups excluding carboxylic acids is 1. The summed E-state index contributed by atoms with van der Waals surface area (Å²) in [7, 11) is 0. The number of anilines is 1. The highest BCUT2D eigenvalue weighted by atomic mass is 16.5. The minimum absolute atomic E-state index is 0.0648. The lowest BCUT2D eigenvalue weighted by Gasteiger charge is -2.30. The van der Waals surface area contributed by atoms with Crippen molar-refractivity contribution in [2.24, 2.45) is 4.99 Å². The lowest BCUT2D eigenvalue weighted by molar-refractivity contribution is -0.124. The van der Waals surface area contributed by atoms with Gasteiger partial charge in [0.15, 0.2) is 5.96 Å². The third-order valence-electron chi connectivity index (χ3n) is 5.39. The van der Waals surface area contributed by atoms with E-state index < -0.39 is 0 Å². The van der Waals surface area contributed by atoms with Crippen molar-refractivity contribution in [2.45, 2.75) is 78.6 Å². The molecular formula is C24H41N5O2. The number of carbonyl (C=O) groups is 1. The molecule has 1 aromatic rings. The maximum absolute atomic E-state index is 12.3. The number of guanidine groups is 1. The van der Waals surface area contributed by atoms with Gasteiger partial charge in [-0.3, -0.25) is 9.69 Å². The summed E-state index contributed by atoms with van der Waals surface area (Å²) in [6, 6.07) is 8.95. The van der Waals surface area contributed by atoms with Gasteiger partial charge in [0.2, 0.25) is 0 Å². The van der Waals surface area contributed by atoms with Gasteiger partial charge in [-0.15, -0.1) is 0 Å². The van der Waals surface area contributed by atoms with E-state index in [1.165, 1.54) is 0 Å². The van der Waals surface area contributed by atoms with E-state index in [-0.39, 0.29) is 12.0 Å². The van der Waals surface area contributed by atoms with Crippen LogP contribution in [-0.4, -0.2) is 61.2 Å². The summed E-state index contributed by atoms with van der Waals surface area (Å²) >= 11 is 0. The molecule has 0 aliphatic carbocycles. The molecule has 0 spiro atoms. The van der Waals surface area contributed by atoms with Crippen LogP contribution in [0.3, 0.4) is 0 Å². The van der Waals surface area contributed by atoms with Crippen molar-refractivity contribution in [3.05, 3.63) is 29.8 Å². The Balaban J connectivity index is 1.86. The number of benzene rings is 1. The van der Waals surface area contributed by atoms with Crippen LogP contribution in [0.15, 0.2) is 29.3 Å². The van der Waals surface area contributed by atoms with Crippen molar-refractivity contribution in [3.8, 4) is 0 Å². The van der Waals surface area contributed by atoms with Crippen LogP contribution in [0.1, 0.15) is 59.4 Å². The number of nitrogens with one attached hydrogen (secondary N) is 3. The van der Waals surface area contributed by atoms with E-state index in [1.54, 1.807) is 0 Å². The molecule has 1 atom stereocenters. The Morgan fingerprint density at radius 2 is 2.00 bits per heavy atom. The Labute approximate surface area is 188 Å². The average molecular weight is 432 g/mol. The molecule has 3 N–H and O–H groups in total. The third-order valence-corrected chi connectivity index (χ3v) is 5.39. The molecule has 31 heavy (non-hydrogen) atoms. The fraction of sp³-hybridized carbons (Fsp3) is 0.667. The largest absolute Gasteiger partial charge is 0.368 e. The molecule has 1 aromatic carbocycles. The summed E-state index contributed by atoms with van der Waals surface area (Å²) in [5.74, 6) is 0.752. The predicted octanol–water partition coefficient (Wildman–Crippen LogP) is 3.37. The number of aliphatic imine (C=N–C) groups is 1. The van der Waals surface area contributed by atoms with E-state index >= 15 is 0 Å². The molecule has 1 aliphatic heterocycles. The normalized spacial score (nSPS) is 16.9. The highest BCUT2D eigenvalue weighted by Crippen LogP contribution is 2.16. The standard InChI is InChI=1S/C24H41N5O2/c1-6-25-24(26-13-9-14-29(18(2)3)19(4)5)27-17-20-10-7-11-21(16-20)28-23(30)22-12-8-15-31-22/h7,10-11,16,18-19,22H,6,8-9,12-15,17H2,1-5H3,(H,28,30)(H2,25,26,27). The number of rotatable bonds is 11. The maximum atomic E-state index is 12.3. The van der Waals surface area contributed by atoms with Gasteiger partial charge >= 0.3 is 0 Å². The molecule has 0 aromatic heterocycles. The minimum atomic E-state index is -0.325. The van der Waals surface area contributed by atoms with Gasteiger partial charge in [0.05, 0.1) is 6.54 Å². The van der Waals surface area contributed by atoms with E-state index in [1.807, 2.05) is 24.3 Å². The van der Waals surface area contributed by atoms with E-state index in [0.717, 1.165) is 56.1 Å². The van der Waals surface area contributed by atoms with Gasteiger partial charge in [-0.25, -0.2) is 4.99 Å². The number of nitrogens with zero attached hydrogens (tertiary/aromatic N) is 2. The second kappa shape index (κ2) is 13.3. The van der Waals surface area contributed by atoms with Gasteiger partial charge in [-0.05, 0) is 71.6 Å². The van der Waals surface area contributed by atoms with E-state index in [2.05, 4.69) is 55.5 Å². The van der Waals surface area contributed by atoms with Crippen molar-refractivity contribution in [2.75, 3.05) is 31.6 Å². The first-order valence-electron chi connectivity index (χ1n) is 11.7. The molecule has 1 amide bonds. The van der Waals surface area contributed by atoms with E-state index in [9.17, 15) is 4.79 Å². The van der Waals surface area contributed by atoms with Gasteiger partial charge in [0.1, 0.15) is 6.10 Å². The maximum Gasteiger partial charge on any atom is 0.253 e. The molecule has 1 saturated heterocycles. The molecule has 7 heteroatoms. The van der Waals surface area contributed by atoms with Crippen molar-refractivity contribution in [1.29, 1.82) is 0 Å². The molecule has 0 saturated carbocycles. The van der Waals surface area contributed by atoms with Crippen LogP contribution >= 0.6 is 0 Å². The summed E-state index contributed by atoms with van der Waals surface area (Å²) in [5, 5.41) is 9.70. The molecule has 0 radical (unpaired) electrons. The van der Waals surface area contributed by atoms with Crippen LogP contribution in [0.5, 0.6) is 0 Å². The van der Waals surface area contributed by atoms with Crippen LogP contribution in [0.4, 0.5) is 5.69 Å². The van der Waals surface area contributed by atoms with Gasteiger partial charge in [-0.2, -0.15) is 0 Å². The molecule has 1 heterocycles. The molecular weight excluding hydrogens is 390 g/mol. The lowest BCUT2D eigenvalue weighted by atomic mass is 10.2. The van der Waals surface area contributed by atoms with Crippen molar-refractivity contribution in [1.82, 2.24) is 15.5 Å². The van der Waals surface area contributed by atoms with E-state index in [4.69, 9.17) is 9.73 Å². The van der Waals surface area contributed by atoms with E-state index in [0.29, 0.717) is 25.2 Å². The lowest BCUT2D eigenvalue weighted by Crippen LogP contribution is -2.41. The number of hydrogen-bond donors (Lipinski definition) is 3. The van der Waals surface area contributed by atoms with Crippen molar-refractivity contribution in [3.63, 3.8) is 0 Å². The van der Waals surface area contributed by atoms with Gasteiger partial charge in [-0.1, -0.05) is 12.1 Å². The zero-order chi connectivity index (χ0) is 22.6. The highest BCUT2D eigenvalue weighted by molar-refractivity contribution is 5.94. The summed E-state index contributed by atoms with van der Waals surface area (Å²) in [5.41, 5.74) is 1.83. The Morgan fingerprint density at radius 3 is 2.65 bits per heavy atom. The Hall–Kier alpha value is -2.12. The first-order chi connectivity index (χ1) is 14.9. The van der Waals surface area contributed by atoms with Crippen molar-refractivity contribution < 1.29 is 9.53 Å². The van der Waals surface area contributed by atoms with Gasteiger partial charge in [0, 0.05) is 44.0 Å². The minimum Gasteiger partial charge on any atom is -0.368 e. The third kappa shape index (κ3) is 8.87. The Bertz CT molecular complexity index is 691. The van der Waals surface area contributed by atoms with Crippen molar-refractivity contribution >= 4 is 17.6 Å². The Kier molecular flexibility index (Phi) is 10.8. The zero-order valence-corrected chi connectivity index (χ0v) is 19.9. The zero-order valence-electron chi connectivity index (χ0n) is 19.9.